The molecule has 25 heavy (non-hydrogen) atoms. The number of nitrogens with zero attached hydrogens (tertiary/aromatic N) is 1. The molecule has 130 valence electrons. The van der Waals surface area contributed by atoms with Gasteiger partial charge in [-0.05, 0) is 55.6 Å². The molecule has 2 fully saturated rings. The molecule has 0 spiro atoms. The van der Waals surface area contributed by atoms with Crippen LogP contribution in [0.1, 0.15) is 47.2 Å². The number of hydrogen-bond acceptors (Lipinski definition) is 4. The van der Waals surface area contributed by atoms with Crippen molar-refractivity contribution in [1.29, 1.82) is 0 Å². The summed E-state index contributed by atoms with van der Waals surface area (Å²) in [5, 5.41) is 5.68. The third-order valence-corrected chi connectivity index (χ3v) is 5.16. The fraction of sp³-hybridized carbons (Fsp3) is 0.421. The third kappa shape index (κ3) is 3.09. The maximum absolute atomic E-state index is 12.7. The molecule has 0 aromatic heterocycles. The first-order valence-corrected chi connectivity index (χ1v) is 8.79. The first-order valence-electron chi connectivity index (χ1n) is 8.79. The lowest BCUT2D eigenvalue weighted by Gasteiger charge is -2.29. The SMILES string of the molecule is O=C1CCC(N2Cc3cc(C=C4CCNCC4)ccc3C2=O)C(=O)N1. The molecule has 2 N–H and O–H groups in total. The molecule has 3 aliphatic rings. The highest BCUT2D eigenvalue weighted by Gasteiger charge is 2.38. The smallest absolute Gasteiger partial charge is 0.255 e. The molecule has 0 saturated carbocycles. The molecule has 1 aromatic carbocycles. The van der Waals surface area contributed by atoms with Crippen molar-refractivity contribution in [2.45, 2.75) is 38.3 Å². The zero-order valence-corrected chi connectivity index (χ0v) is 14.0. The van der Waals surface area contributed by atoms with Gasteiger partial charge in [-0.2, -0.15) is 0 Å². The van der Waals surface area contributed by atoms with Gasteiger partial charge in [-0.15, -0.1) is 0 Å². The topological polar surface area (TPSA) is 78.5 Å². The Bertz CT molecular complexity index is 776. The number of hydrogen-bond donors (Lipinski definition) is 2. The Morgan fingerprint density at radius 3 is 2.64 bits per heavy atom. The number of piperidine rings is 2. The Kier molecular flexibility index (Phi) is 4.13. The highest BCUT2D eigenvalue weighted by atomic mass is 16.2. The Labute approximate surface area is 146 Å². The van der Waals surface area contributed by atoms with E-state index in [0.717, 1.165) is 37.1 Å². The lowest BCUT2D eigenvalue weighted by Crippen LogP contribution is -2.52. The molecule has 6 nitrogen and oxygen atoms in total. The number of benzene rings is 1. The van der Waals surface area contributed by atoms with Crippen LogP contribution < -0.4 is 10.6 Å². The van der Waals surface area contributed by atoms with E-state index >= 15 is 0 Å². The van der Waals surface area contributed by atoms with Gasteiger partial charge in [-0.3, -0.25) is 19.7 Å². The summed E-state index contributed by atoms with van der Waals surface area (Å²) < 4.78 is 0. The second-order valence-corrected chi connectivity index (χ2v) is 6.87. The van der Waals surface area contributed by atoms with Crippen LogP contribution in [0.25, 0.3) is 6.08 Å². The zero-order valence-electron chi connectivity index (χ0n) is 14.0. The highest BCUT2D eigenvalue weighted by Crippen LogP contribution is 2.29. The maximum Gasteiger partial charge on any atom is 0.255 e. The average Bonchev–Trinajstić information content (AvgIpc) is 2.92. The van der Waals surface area contributed by atoms with E-state index in [1.54, 1.807) is 4.90 Å². The fourth-order valence-corrected chi connectivity index (χ4v) is 3.81. The number of rotatable bonds is 2. The summed E-state index contributed by atoms with van der Waals surface area (Å²) in [5.74, 6) is -0.749. The van der Waals surface area contributed by atoms with Crippen molar-refractivity contribution < 1.29 is 14.4 Å². The Morgan fingerprint density at radius 2 is 1.88 bits per heavy atom. The molecule has 2 saturated heterocycles. The van der Waals surface area contributed by atoms with Crippen LogP contribution >= 0.6 is 0 Å². The van der Waals surface area contributed by atoms with Crippen molar-refractivity contribution >= 4 is 23.8 Å². The minimum absolute atomic E-state index is 0.120. The van der Waals surface area contributed by atoms with Crippen molar-refractivity contribution in [2.24, 2.45) is 0 Å². The summed E-state index contributed by atoms with van der Waals surface area (Å²) >= 11 is 0. The normalized spacial score (nSPS) is 23.5. The van der Waals surface area contributed by atoms with E-state index in [-0.39, 0.29) is 24.1 Å². The van der Waals surface area contributed by atoms with Crippen LogP contribution in [-0.4, -0.2) is 41.8 Å². The molecule has 1 aromatic rings. The van der Waals surface area contributed by atoms with Crippen molar-refractivity contribution in [2.75, 3.05) is 13.1 Å². The van der Waals surface area contributed by atoms with Crippen molar-refractivity contribution in [1.82, 2.24) is 15.5 Å². The van der Waals surface area contributed by atoms with Crippen molar-refractivity contribution in [3.8, 4) is 0 Å². The van der Waals surface area contributed by atoms with Crippen LogP contribution in [0.15, 0.2) is 23.8 Å². The van der Waals surface area contributed by atoms with Gasteiger partial charge in [0.25, 0.3) is 5.91 Å². The molecule has 3 aliphatic heterocycles. The molecule has 0 aliphatic carbocycles. The number of nitrogens with one attached hydrogen (secondary N) is 2. The van der Waals surface area contributed by atoms with E-state index in [2.05, 4.69) is 16.7 Å². The summed E-state index contributed by atoms with van der Waals surface area (Å²) in [7, 11) is 0. The molecule has 3 heterocycles. The minimum Gasteiger partial charge on any atom is -0.322 e. The summed E-state index contributed by atoms with van der Waals surface area (Å²) in [6.07, 6.45) is 4.99. The molecule has 3 amide bonds. The van der Waals surface area contributed by atoms with Crippen LogP contribution in [0.4, 0.5) is 0 Å². The maximum atomic E-state index is 12.7. The summed E-state index contributed by atoms with van der Waals surface area (Å²) in [6.45, 7) is 2.45. The largest absolute Gasteiger partial charge is 0.322 e. The number of amides is 3. The molecule has 6 heteroatoms. The van der Waals surface area contributed by atoms with Crippen LogP contribution in [0.2, 0.25) is 0 Å². The molecule has 0 bridgehead atoms. The van der Waals surface area contributed by atoms with Crippen LogP contribution in [0.3, 0.4) is 0 Å². The molecular weight excluding hydrogens is 318 g/mol. The third-order valence-electron chi connectivity index (χ3n) is 5.16. The Balaban J connectivity index is 1.55. The van der Waals surface area contributed by atoms with Gasteiger partial charge in [-0.25, -0.2) is 0 Å². The van der Waals surface area contributed by atoms with Crippen LogP contribution in [0.5, 0.6) is 0 Å². The molecule has 1 unspecified atom stereocenters. The fourth-order valence-electron chi connectivity index (χ4n) is 3.81. The van der Waals surface area contributed by atoms with Crippen molar-refractivity contribution in [3.63, 3.8) is 0 Å². The van der Waals surface area contributed by atoms with Gasteiger partial charge in [0.05, 0.1) is 0 Å². The second kappa shape index (κ2) is 6.44. The summed E-state index contributed by atoms with van der Waals surface area (Å²) in [4.78, 5) is 37.7. The van der Waals surface area contributed by atoms with E-state index in [1.807, 2.05) is 18.2 Å². The molecule has 4 rings (SSSR count). The number of fused-ring (bicyclic) bond motifs is 1. The summed E-state index contributed by atoms with van der Waals surface area (Å²) in [6, 6.07) is 5.33. The Morgan fingerprint density at radius 1 is 1.08 bits per heavy atom. The number of imide groups is 1. The van der Waals surface area contributed by atoms with E-state index in [0.29, 0.717) is 18.5 Å². The standard InChI is InChI=1S/C19H21N3O3/c23-17-4-3-16(18(24)21-17)22-11-14-10-13(1-2-15(14)19(22)25)9-12-5-7-20-8-6-12/h1-2,9-10,16,20H,3-8,11H2,(H,21,23,24). The van der Waals surface area contributed by atoms with Gasteiger partial charge in [0, 0.05) is 18.5 Å². The van der Waals surface area contributed by atoms with E-state index < -0.39 is 6.04 Å². The van der Waals surface area contributed by atoms with Crippen molar-refractivity contribution in [3.05, 3.63) is 40.5 Å². The highest BCUT2D eigenvalue weighted by molar-refractivity contribution is 6.05. The quantitative estimate of drug-likeness (QED) is 0.794. The lowest BCUT2D eigenvalue weighted by molar-refractivity contribution is -0.136. The van der Waals surface area contributed by atoms with Gasteiger partial charge >= 0.3 is 0 Å². The van der Waals surface area contributed by atoms with Gasteiger partial charge in [0.1, 0.15) is 6.04 Å². The number of carbonyl (C=O) groups is 3. The molecular formula is C19H21N3O3. The molecule has 1 atom stereocenters. The minimum atomic E-state index is -0.552. The average molecular weight is 339 g/mol. The predicted octanol–water partition coefficient (Wildman–Crippen LogP) is 1.21. The van der Waals surface area contributed by atoms with Gasteiger partial charge < -0.3 is 10.2 Å². The first kappa shape index (κ1) is 16.0. The Hall–Kier alpha value is -2.47. The predicted molar refractivity (Wildman–Crippen MR) is 92.6 cm³/mol. The number of carbonyl (C=O) groups excluding carboxylic acids is 3. The van der Waals surface area contributed by atoms with Crippen LogP contribution in [0, 0.1) is 0 Å². The van der Waals surface area contributed by atoms with Gasteiger partial charge in [0.2, 0.25) is 11.8 Å². The van der Waals surface area contributed by atoms with Crippen LogP contribution in [-0.2, 0) is 16.1 Å². The first-order chi connectivity index (χ1) is 12.1. The van der Waals surface area contributed by atoms with E-state index in [4.69, 9.17) is 0 Å². The zero-order chi connectivity index (χ0) is 17.4. The van der Waals surface area contributed by atoms with Gasteiger partial charge in [0.15, 0.2) is 0 Å². The van der Waals surface area contributed by atoms with Gasteiger partial charge in [-0.1, -0.05) is 17.7 Å². The lowest BCUT2D eigenvalue weighted by atomic mass is 10.00. The van der Waals surface area contributed by atoms with E-state index in [9.17, 15) is 14.4 Å². The second-order valence-electron chi connectivity index (χ2n) is 6.87. The van der Waals surface area contributed by atoms with E-state index in [1.165, 1.54) is 5.57 Å². The summed E-state index contributed by atoms with van der Waals surface area (Å²) in [5.41, 5.74) is 4.15. The monoisotopic (exact) mass is 339 g/mol. The molecule has 0 radical (unpaired) electrons.